The zero-order valence-electron chi connectivity index (χ0n) is 9.81. The van der Waals surface area contributed by atoms with E-state index in [0.717, 1.165) is 24.6 Å². The summed E-state index contributed by atoms with van der Waals surface area (Å²) in [5.41, 5.74) is 0.931. The van der Waals surface area contributed by atoms with Gasteiger partial charge in [0.25, 0.3) is 0 Å². The van der Waals surface area contributed by atoms with E-state index in [2.05, 4.69) is 20.2 Å². The van der Waals surface area contributed by atoms with Gasteiger partial charge in [0.15, 0.2) is 0 Å². The van der Waals surface area contributed by atoms with E-state index in [9.17, 15) is 0 Å². The Kier molecular flexibility index (Phi) is 3.69. The Balaban J connectivity index is 2.06. The van der Waals surface area contributed by atoms with Crippen molar-refractivity contribution in [2.75, 3.05) is 32.1 Å². The number of rotatable bonds is 4. The first kappa shape index (κ1) is 11.3. The zero-order valence-corrected chi connectivity index (χ0v) is 9.81. The summed E-state index contributed by atoms with van der Waals surface area (Å²) in [6, 6.07) is 2.57. The largest absolute Gasteiger partial charge is 0.378 e. The smallest absolute Gasteiger partial charge is 0.132 e. The molecular formula is C11H18N4O. The van der Waals surface area contributed by atoms with E-state index >= 15 is 0 Å². The van der Waals surface area contributed by atoms with Crippen molar-refractivity contribution in [3.8, 4) is 0 Å². The van der Waals surface area contributed by atoms with Crippen LogP contribution in [0.2, 0.25) is 0 Å². The molecule has 5 nitrogen and oxygen atoms in total. The molecule has 0 spiro atoms. The predicted molar refractivity (Wildman–Crippen MR) is 62.4 cm³/mol. The summed E-state index contributed by atoms with van der Waals surface area (Å²) in [7, 11) is 3.68. The van der Waals surface area contributed by atoms with Crippen molar-refractivity contribution in [2.24, 2.45) is 0 Å². The molecule has 2 heterocycles. The van der Waals surface area contributed by atoms with E-state index in [1.54, 1.807) is 13.4 Å². The maximum Gasteiger partial charge on any atom is 0.132 e. The number of hydrogen-bond donors (Lipinski definition) is 1. The van der Waals surface area contributed by atoms with Crippen molar-refractivity contribution in [3.63, 3.8) is 0 Å². The van der Waals surface area contributed by atoms with Gasteiger partial charge in [0, 0.05) is 32.3 Å². The van der Waals surface area contributed by atoms with Gasteiger partial charge in [-0.3, -0.25) is 0 Å². The Morgan fingerprint density at radius 3 is 3.12 bits per heavy atom. The first-order valence-electron chi connectivity index (χ1n) is 5.55. The molecule has 0 aliphatic carbocycles. The highest BCUT2D eigenvalue weighted by Crippen LogP contribution is 2.18. The minimum atomic E-state index is 0.540. The summed E-state index contributed by atoms with van der Waals surface area (Å²) in [4.78, 5) is 10.7. The Morgan fingerprint density at radius 1 is 1.56 bits per heavy atom. The average molecular weight is 222 g/mol. The quantitative estimate of drug-likeness (QED) is 0.800. The predicted octanol–water partition coefficient (Wildman–Crippen LogP) is 0.421. The summed E-state index contributed by atoms with van der Waals surface area (Å²) in [6.07, 6.45) is 2.77. The molecule has 1 saturated heterocycles. The van der Waals surface area contributed by atoms with Gasteiger partial charge in [-0.25, -0.2) is 9.97 Å². The van der Waals surface area contributed by atoms with Crippen LogP contribution in [0.1, 0.15) is 12.1 Å². The topological polar surface area (TPSA) is 50.3 Å². The highest BCUT2D eigenvalue weighted by Gasteiger charge is 2.22. The van der Waals surface area contributed by atoms with Gasteiger partial charge in [0.2, 0.25) is 0 Å². The summed E-state index contributed by atoms with van der Waals surface area (Å²) in [5.74, 6) is 1.000. The molecule has 0 aromatic carbocycles. The monoisotopic (exact) mass is 222 g/mol. The van der Waals surface area contributed by atoms with E-state index in [0.29, 0.717) is 12.6 Å². The van der Waals surface area contributed by atoms with E-state index < -0.39 is 0 Å². The van der Waals surface area contributed by atoms with E-state index in [4.69, 9.17) is 4.74 Å². The molecule has 1 aliphatic heterocycles. The van der Waals surface area contributed by atoms with Crippen LogP contribution in [0.3, 0.4) is 0 Å². The molecule has 0 bridgehead atoms. The molecule has 1 fully saturated rings. The Morgan fingerprint density at radius 2 is 2.44 bits per heavy atom. The minimum absolute atomic E-state index is 0.540. The number of likely N-dealkylation sites (N-methyl/N-ethyl adjacent to an activating group) is 1. The maximum atomic E-state index is 5.07. The fourth-order valence-electron chi connectivity index (χ4n) is 1.99. The Bertz CT molecular complexity index is 345. The minimum Gasteiger partial charge on any atom is -0.378 e. The SMILES string of the molecule is CN[C@@H]1CCN(c2cc(COC)ncn2)C1. The summed E-state index contributed by atoms with van der Waals surface area (Å²) in [6.45, 7) is 2.60. The third-order valence-corrected chi connectivity index (χ3v) is 2.92. The summed E-state index contributed by atoms with van der Waals surface area (Å²) >= 11 is 0. The van der Waals surface area contributed by atoms with Crippen molar-refractivity contribution in [1.29, 1.82) is 0 Å². The van der Waals surface area contributed by atoms with Gasteiger partial charge in [0.1, 0.15) is 12.1 Å². The second kappa shape index (κ2) is 5.23. The van der Waals surface area contributed by atoms with Crippen LogP contribution in [0.5, 0.6) is 0 Å². The highest BCUT2D eigenvalue weighted by molar-refractivity contribution is 5.40. The number of aromatic nitrogens is 2. The first-order chi connectivity index (χ1) is 7.83. The van der Waals surface area contributed by atoms with Crippen molar-refractivity contribution in [1.82, 2.24) is 15.3 Å². The van der Waals surface area contributed by atoms with Gasteiger partial charge < -0.3 is 15.0 Å². The van der Waals surface area contributed by atoms with Crippen LogP contribution < -0.4 is 10.2 Å². The van der Waals surface area contributed by atoms with Crippen LogP contribution >= 0.6 is 0 Å². The first-order valence-corrected chi connectivity index (χ1v) is 5.55. The summed E-state index contributed by atoms with van der Waals surface area (Å²) < 4.78 is 5.07. The van der Waals surface area contributed by atoms with E-state index in [1.165, 1.54) is 6.42 Å². The molecule has 1 aromatic rings. The van der Waals surface area contributed by atoms with Gasteiger partial charge in [-0.05, 0) is 13.5 Å². The molecule has 16 heavy (non-hydrogen) atoms. The molecule has 1 aliphatic rings. The zero-order chi connectivity index (χ0) is 11.4. The molecule has 0 saturated carbocycles. The number of hydrogen-bond acceptors (Lipinski definition) is 5. The molecule has 0 amide bonds. The van der Waals surface area contributed by atoms with E-state index in [1.807, 2.05) is 13.1 Å². The number of ether oxygens (including phenoxy) is 1. The number of nitrogens with one attached hydrogen (secondary N) is 1. The second-order valence-electron chi connectivity index (χ2n) is 4.02. The molecule has 5 heteroatoms. The van der Waals surface area contributed by atoms with Crippen LogP contribution in [0.4, 0.5) is 5.82 Å². The van der Waals surface area contributed by atoms with Crippen molar-refractivity contribution in [2.45, 2.75) is 19.1 Å². The molecule has 2 rings (SSSR count). The third kappa shape index (κ3) is 2.48. The van der Waals surface area contributed by atoms with E-state index in [-0.39, 0.29) is 0 Å². The number of methoxy groups -OCH3 is 1. The van der Waals surface area contributed by atoms with Crippen molar-refractivity contribution >= 4 is 5.82 Å². The van der Waals surface area contributed by atoms with Crippen LogP contribution in [-0.4, -0.2) is 43.3 Å². The second-order valence-corrected chi connectivity index (χ2v) is 4.02. The fraction of sp³-hybridized carbons (Fsp3) is 0.636. The standard InChI is InChI=1S/C11H18N4O/c1-12-9-3-4-15(6-9)11-5-10(7-16-2)13-8-14-11/h5,8-9,12H,3-4,6-7H2,1-2H3/t9-/m1/s1. The molecule has 88 valence electrons. The third-order valence-electron chi connectivity index (χ3n) is 2.92. The number of anilines is 1. The average Bonchev–Trinajstić information content (AvgIpc) is 2.78. The van der Waals surface area contributed by atoms with Crippen molar-refractivity contribution < 1.29 is 4.74 Å². The molecule has 1 N–H and O–H groups in total. The van der Waals surface area contributed by atoms with Gasteiger partial charge in [-0.1, -0.05) is 0 Å². The lowest BCUT2D eigenvalue weighted by molar-refractivity contribution is 0.181. The highest BCUT2D eigenvalue weighted by atomic mass is 16.5. The van der Waals surface area contributed by atoms with Gasteiger partial charge >= 0.3 is 0 Å². The lowest BCUT2D eigenvalue weighted by atomic mass is 10.3. The van der Waals surface area contributed by atoms with Gasteiger partial charge in [-0.2, -0.15) is 0 Å². The fourth-order valence-corrected chi connectivity index (χ4v) is 1.99. The lowest BCUT2D eigenvalue weighted by Gasteiger charge is -2.17. The van der Waals surface area contributed by atoms with Crippen molar-refractivity contribution in [3.05, 3.63) is 18.1 Å². The molecule has 0 unspecified atom stereocenters. The van der Waals surface area contributed by atoms with Crippen LogP contribution in [0.15, 0.2) is 12.4 Å². The molecule has 1 aromatic heterocycles. The maximum absolute atomic E-state index is 5.07. The summed E-state index contributed by atoms with van der Waals surface area (Å²) in [5, 5.41) is 3.29. The van der Waals surface area contributed by atoms with Gasteiger partial charge in [-0.15, -0.1) is 0 Å². The molecule has 1 atom stereocenters. The Hall–Kier alpha value is -1.20. The van der Waals surface area contributed by atoms with Gasteiger partial charge in [0.05, 0.1) is 12.3 Å². The molecular weight excluding hydrogens is 204 g/mol. The van der Waals surface area contributed by atoms with Crippen LogP contribution in [-0.2, 0) is 11.3 Å². The van der Waals surface area contributed by atoms with Crippen LogP contribution in [0, 0.1) is 0 Å². The lowest BCUT2D eigenvalue weighted by Crippen LogP contribution is -2.29. The molecule has 0 radical (unpaired) electrons. The van der Waals surface area contributed by atoms with Crippen LogP contribution in [0.25, 0.3) is 0 Å². The Labute approximate surface area is 95.8 Å². The number of nitrogens with zero attached hydrogens (tertiary/aromatic N) is 3. The normalized spacial score (nSPS) is 20.4.